The monoisotopic (exact) mass is 580 g/mol. The Hall–Kier alpha value is -4.65. The Labute approximate surface area is 234 Å². The Balaban J connectivity index is 1.28. The molecule has 3 aromatic heterocycles. The van der Waals surface area contributed by atoms with Crippen LogP contribution in [0.1, 0.15) is 34.5 Å². The van der Waals surface area contributed by atoms with E-state index in [1.165, 1.54) is 29.1 Å². The van der Waals surface area contributed by atoms with E-state index in [9.17, 15) is 27.2 Å². The van der Waals surface area contributed by atoms with Crippen LogP contribution in [0.5, 0.6) is 0 Å². The second-order valence-electron chi connectivity index (χ2n) is 9.64. The third-order valence-electron chi connectivity index (χ3n) is 6.45. The van der Waals surface area contributed by atoms with Crippen molar-refractivity contribution in [3.63, 3.8) is 0 Å². The third kappa shape index (κ3) is 5.66. The Morgan fingerprint density at radius 2 is 1.83 bits per heavy atom. The number of hydrogen-bond donors (Lipinski definition) is 2. The van der Waals surface area contributed by atoms with E-state index in [1.807, 2.05) is 0 Å². The van der Waals surface area contributed by atoms with Crippen molar-refractivity contribution in [1.29, 1.82) is 0 Å². The Kier molecular flexibility index (Phi) is 6.53. The fourth-order valence-electron chi connectivity index (χ4n) is 4.20. The van der Waals surface area contributed by atoms with Gasteiger partial charge in [-0.05, 0) is 68.3 Å². The maximum Gasteiger partial charge on any atom is 0.416 e. The van der Waals surface area contributed by atoms with Gasteiger partial charge >= 0.3 is 6.18 Å². The molecular weight excluding hydrogens is 560 g/mol. The van der Waals surface area contributed by atoms with Gasteiger partial charge in [-0.3, -0.25) is 9.59 Å². The van der Waals surface area contributed by atoms with E-state index >= 15 is 0 Å². The highest BCUT2D eigenvalue weighted by Gasteiger charge is 2.32. The molecule has 0 bridgehead atoms. The van der Waals surface area contributed by atoms with Gasteiger partial charge in [-0.15, -0.1) is 0 Å². The summed E-state index contributed by atoms with van der Waals surface area (Å²) < 4.78 is 57.1. The number of pyridine rings is 1. The first kappa shape index (κ1) is 26.6. The largest absolute Gasteiger partial charge is 0.416 e. The molecule has 0 saturated heterocycles. The lowest BCUT2D eigenvalue weighted by Crippen LogP contribution is -2.14. The summed E-state index contributed by atoms with van der Waals surface area (Å²) in [5.41, 5.74) is 0.505. The van der Waals surface area contributed by atoms with Crippen molar-refractivity contribution in [2.45, 2.75) is 25.9 Å². The van der Waals surface area contributed by atoms with E-state index in [4.69, 9.17) is 0 Å². The van der Waals surface area contributed by atoms with Gasteiger partial charge in [0.15, 0.2) is 5.13 Å². The molecule has 0 unspecified atom stereocenters. The van der Waals surface area contributed by atoms with Crippen LogP contribution in [0.25, 0.3) is 27.3 Å². The summed E-state index contributed by atoms with van der Waals surface area (Å²) in [7, 11) is 0. The summed E-state index contributed by atoms with van der Waals surface area (Å²) in [6.07, 6.45) is -0.0251. The number of carbonyl (C=O) groups is 2. The summed E-state index contributed by atoms with van der Waals surface area (Å²) in [4.78, 5) is 38.5. The lowest BCUT2D eigenvalue weighted by Gasteiger charge is -2.14. The number of hydrogen-bond acceptors (Lipinski definition) is 6. The predicted molar refractivity (Wildman–Crippen MR) is 145 cm³/mol. The first-order chi connectivity index (χ1) is 19.5. The van der Waals surface area contributed by atoms with Crippen molar-refractivity contribution in [1.82, 2.24) is 19.5 Å². The van der Waals surface area contributed by atoms with E-state index in [2.05, 4.69) is 25.6 Å². The lowest BCUT2D eigenvalue weighted by atomic mass is 10.1. The third-order valence-corrected chi connectivity index (χ3v) is 7.33. The Morgan fingerprint density at radius 3 is 2.54 bits per heavy atom. The molecule has 1 aliphatic rings. The number of rotatable bonds is 6. The second kappa shape index (κ2) is 10.1. The van der Waals surface area contributed by atoms with E-state index in [-0.39, 0.29) is 40.0 Å². The van der Waals surface area contributed by atoms with Crippen LogP contribution in [0, 0.1) is 18.7 Å². The smallest absolute Gasteiger partial charge is 0.322 e. The topological polar surface area (TPSA) is 102 Å². The van der Waals surface area contributed by atoms with Gasteiger partial charge in [0.2, 0.25) is 5.91 Å². The number of nitrogens with one attached hydrogen (secondary N) is 2. The predicted octanol–water partition coefficient (Wildman–Crippen LogP) is 6.61. The Bertz CT molecular complexity index is 1830. The van der Waals surface area contributed by atoms with Crippen LogP contribution in [-0.2, 0) is 11.0 Å². The van der Waals surface area contributed by atoms with Crippen LogP contribution in [0.2, 0.25) is 0 Å². The van der Waals surface area contributed by atoms with Crippen LogP contribution in [0.3, 0.4) is 0 Å². The van der Waals surface area contributed by atoms with Gasteiger partial charge in [0, 0.05) is 34.6 Å². The highest BCUT2D eigenvalue weighted by molar-refractivity contribution is 7.22. The Morgan fingerprint density at radius 1 is 1.02 bits per heavy atom. The number of aryl methyl sites for hydroxylation is 1. The molecule has 6 rings (SSSR count). The molecule has 41 heavy (non-hydrogen) atoms. The summed E-state index contributed by atoms with van der Waals surface area (Å²) in [6.45, 7) is 1.70. The average molecular weight is 581 g/mol. The minimum atomic E-state index is -4.66. The molecule has 0 radical (unpaired) electrons. The van der Waals surface area contributed by atoms with Gasteiger partial charge in [-0.25, -0.2) is 19.3 Å². The molecule has 1 saturated carbocycles. The standard InChI is InChI=1S/C28H20F4N6O2S/c1-14-12-38(13-33-14)19-10-17(28(30,31)32)9-18(11-19)34-25(40)16-4-5-21(29)20(8-16)22-6-7-23-26(35-22)41-27(36-23)37-24(39)15-2-3-15/h4-13,15H,2-3H2,1H3,(H,34,40)(H,36,37,39). The highest BCUT2D eigenvalue weighted by Crippen LogP contribution is 2.35. The fourth-order valence-corrected chi connectivity index (χ4v) is 5.04. The second-order valence-corrected chi connectivity index (χ2v) is 10.6. The van der Waals surface area contributed by atoms with E-state index < -0.39 is 23.5 Å². The van der Waals surface area contributed by atoms with Gasteiger partial charge in [0.25, 0.3) is 5.91 Å². The molecule has 1 aliphatic carbocycles. The lowest BCUT2D eigenvalue weighted by molar-refractivity contribution is -0.137. The van der Waals surface area contributed by atoms with Crippen molar-refractivity contribution in [2.75, 3.05) is 10.6 Å². The normalized spacial score (nSPS) is 13.4. The number of alkyl halides is 3. The van der Waals surface area contributed by atoms with Crippen molar-refractivity contribution in [2.24, 2.45) is 5.92 Å². The van der Waals surface area contributed by atoms with Crippen molar-refractivity contribution in [3.05, 3.63) is 83.7 Å². The number of halogens is 4. The number of benzene rings is 2. The number of anilines is 2. The molecule has 8 nitrogen and oxygen atoms in total. The molecule has 2 N–H and O–H groups in total. The number of imidazole rings is 1. The van der Waals surface area contributed by atoms with Crippen molar-refractivity contribution < 1.29 is 27.2 Å². The maximum absolute atomic E-state index is 14.9. The molecule has 13 heteroatoms. The number of thiazole rings is 1. The zero-order chi connectivity index (χ0) is 28.9. The molecule has 0 spiro atoms. The van der Waals surface area contributed by atoms with Gasteiger partial charge in [0.1, 0.15) is 16.2 Å². The maximum atomic E-state index is 14.9. The first-order valence-corrected chi connectivity index (χ1v) is 13.3. The summed E-state index contributed by atoms with van der Waals surface area (Å²) in [6, 6.07) is 9.96. The van der Waals surface area contributed by atoms with Crippen LogP contribution in [0.15, 0.2) is 61.1 Å². The summed E-state index contributed by atoms with van der Waals surface area (Å²) in [5.74, 6) is -1.47. The minimum absolute atomic E-state index is 0.00568. The van der Waals surface area contributed by atoms with Crippen molar-refractivity contribution >= 4 is 44.3 Å². The molecule has 1 fully saturated rings. The van der Waals surface area contributed by atoms with Crippen molar-refractivity contribution in [3.8, 4) is 16.9 Å². The molecule has 0 atom stereocenters. The van der Waals surface area contributed by atoms with Crippen LogP contribution in [0.4, 0.5) is 28.4 Å². The SMILES string of the molecule is Cc1cn(-c2cc(NC(=O)c3ccc(F)c(-c4ccc5nc(NC(=O)C6CC6)sc5n4)c3)cc(C(F)(F)F)c2)cn1. The number of nitrogens with zero attached hydrogens (tertiary/aromatic N) is 4. The van der Waals surface area contributed by atoms with Gasteiger partial charge < -0.3 is 15.2 Å². The van der Waals surface area contributed by atoms with Gasteiger partial charge in [-0.1, -0.05) is 11.3 Å². The van der Waals surface area contributed by atoms with Crippen LogP contribution >= 0.6 is 11.3 Å². The quantitative estimate of drug-likeness (QED) is 0.220. The zero-order valence-corrected chi connectivity index (χ0v) is 22.1. The van der Waals surface area contributed by atoms with E-state index in [0.29, 0.717) is 21.2 Å². The number of carbonyl (C=O) groups excluding carboxylic acids is 2. The first-order valence-electron chi connectivity index (χ1n) is 12.5. The highest BCUT2D eigenvalue weighted by atomic mass is 32.1. The number of amides is 2. The summed E-state index contributed by atoms with van der Waals surface area (Å²) in [5, 5.41) is 5.64. The molecular formula is C28H20F4N6O2S. The van der Waals surface area contributed by atoms with Gasteiger partial charge in [-0.2, -0.15) is 13.2 Å². The average Bonchev–Trinajstić information content (AvgIpc) is 3.57. The minimum Gasteiger partial charge on any atom is -0.322 e. The molecule has 5 aromatic rings. The van der Waals surface area contributed by atoms with E-state index in [1.54, 1.807) is 25.3 Å². The van der Waals surface area contributed by atoms with Crippen LogP contribution in [-0.4, -0.2) is 31.3 Å². The molecule has 208 valence electrons. The molecule has 2 amide bonds. The zero-order valence-electron chi connectivity index (χ0n) is 21.3. The number of aromatic nitrogens is 4. The van der Waals surface area contributed by atoms with Crippen LogP contribution < -0.4 is 10.6 Å². The number of fused-ring (bicyclic) bond motifs is 1. The van der Waals surface area contributed by atoms with Gasteiger partial charge in [0.05, 0.1) is 23.3 Å². The molecule has 2 aromatic carbocycles. The molecule has 3 heterocycles. The fraction of sp³-hybridized carbons (Fsp3) is 0.179. The molecule has 0 aliphatic heterocycles. The summed E-state index contributed by atoms with van der Waals surface area (Å²) >= 11 is 1.15. The van der Waals surface area contributed by atoms with E-state index in [0.717, 1.165) is 42.4 Å².